The molecule has 3 N–H and O–H groups in total. The van der Waals surface area contributed by atoms with Crippen LogP contribution in [0, 0.1) is 30.6 Å². The van der Waals surface area contributed by atoms with Gasteiger partial charge in [-0.15, -0.1) is 23.1 Å². The molecule has 4 saturated heterocycles. The predicted molar refractivity (Wildman–Crippen MR) is 406 cm³/mol. The van der Waals surface area contributed by atoms with Crippen molar-refractivity contribution < 1.29 is 33.8 Å². The molecule has 5 aliphatic rings. The highest BCUT2D eigenvalue weighted by molar-refractivity contribution is 7.99. The maximum absolute atomic E-state index is 14.6. The van der Waals surface area contributed by atoms with Gasteiger partial charge in [-0.1, -0.05) is 119 Å². The molecule has 0 saturated carbocycles. The molecule has 6 aromatic rings. The Labute approximate surface area is 606 Å². The number of benzene rings is 5. The Morgan fingerprint density at radius 2 is 1.53 bits per heavy atom. The van der Waals surface area contributed by atoms with E-state index in [-0.39, 0.29) is 78.9 Å². The number of carbonyl (C=O) groups is 5. The fourth-order valence-corrected chi connectivity index (χ4v) is 17.3. The first-order valence-electron chi connectivity index (χ1n) is 36.3. The minimum atomic E-state index is -0.849. The normalized spacial score (nSPS) is 20.8. The van der Waals surface area contributed by atoms with Crippen LogP contribution in [0.2, 0.25) is 5.02 Å². The molecule has 1 aromatic heterocycles. The van der Waals surface area contributed by atoms with Crippen molar-refractivity contribution in [1.29, 1.82) is 0 Å². The first kappa shape index (κ1) is 74.4. The lowest BCUT2D eigenvalue weighted by Crippen LogP contribution is -2.48. The maximum Gasteiger partial charge on any atom is 0.251 e. The summed E-state index contributed by atoms with van der Waals surface area (Å²) in [5.41, 5.74) is 13.5. The number of likely N-dealkylation sites (tertiary alicyclic amines) is 1. The second-order valence-electron chi connectivity index (χ2n) is 30.1. The number of β-amino-alcohol motifs (C(OH)–C–C–N with tert-alkyl or cyclic N) is 1. The Hall–Kier alpha value is -6.74. The number of thioether (sulfide) groups is 1. The molecule has 0 radical (unpaired) electrons. The lowest BCUT2D eigenvalue weighted by Gasteiger charge is -2.42. The van der Waals surface area contributed by atoms with E-state index in [1.54, 1.807) is 11.3 Å². The molecular weight excluding hydrogens is 1310 g/mol. The zero-order chi connectivity index (χ0) is 70.5. The number of halogens is 1. The summed E-state index contributed by atoms with van der Waals surface area (Å²) < 4.78 is 5.60. The smallest absolute Gasteiger partial charge is 0.251 e. The van der Waals surface area contributed by atoms with Gasteiger partial charge in [-0.05, 0) is 157 Å². The van der Waals surface area contributed by atoms with E-state index in [1.165, 1.54) is 26.5 Å². The number of nitrogens with one attached hydrogen (secondary N) is 2. The number of aliphatic hydroxyl groups is 1. The van der Waals surface area contributed by atoms with Gasteiger partial charge in [0.25, 0.3) is 5.91 Å². The number of carbonyl (C=O) groups excluding carboxylic acids is 5. The van der Waals surface area contributed by atoms with Crippen LogP contribution in [-0.4, -0.2) is 193 Å². The lowest BCUT2D eigenvalue weighted by molar-refractivity contribution is -0.146. The number of aryl methyl sites for hydroxylation is 2. The Morgan fingerprint density at radius 1 is 0.810 bits per heavy atom. The monoisotopic (exact) mass is 1410 g/mol. The number of Topliss-reactive ketones (excluding diaryl/α,β-unsaturated/α-hetero) is 2. The van der Waals surface area contributed by atoms with Crippen molar-refractivity contribution in [2.24, 2.45) is 16.7 Å². The van der Waals surface area contributed by atoms with Crippen molar-refractivity contribution in [3.05, 3.63) is 171 Å². The average Bonchev–Trinajstić information content (AvgIpc) is 1.34. The molecule has 5 aromatic carbocycles. The number of aromatic nitrogens is 1. The fourth-order valence-electron chi connectivity index (χ4n) is 15.4. The van der Waals surface area contributed by atoms with Crippen LogP contribution >= 0.6 is 34.7 Å². The number of allylic oxidation sites excluding steroid dienone is 1. The average molecular weight is 1420 g/mol. The van der Waals surface area contributed by atoms with Crippen LogP contribution in [0.5, 0.6) is 0 Å². The van der Waals surface area contributed by atoms with Crippen molar-refractivity contribution in [3.8, 4) is 10.4 Å². The largest absolute Gasteiger partial charge is 0.391 e. The summed E-state index contributed by atoms with van der Waals surface area (Å²) in [4.78, 5) is 90.5. The molecule has 11 rings (SSSR count). The zero-order valence-corrected chi connectivity index (χ0v) is 62.2. The van der Waals surface area contributed by atoms with Crippen molar-refractivity contribution in [1.82, 2.24) is 34.8 Å². The Kier molecular flexibility index (Phi) is 25.7. The standard InChI is InChI=1S/C81H104ClN9O7S2/c1-56(60-15-17-62(18-16-60)77-58(3)84-55-100-77)45-75(94)74-47-69(93)52-91(74)79(97)72(80(4,5)6)46-68(92)48-76(95)90-32-11-31-88(36-39-90)54-81(7)30-28-71(61-19-23-65(82)24-20-61)64(49-81)51-87-34-37-89(38-35-87)67-25-21-63(22-26-67)78(96)83-50-59-14-27-73(57(2)44-59)85-66(29-33-86-40-42-98-43-41-86)53-99-70-12-9-8-10-13-70/h8-10,12-27,44,55-56,66,69,72,74,85,93H,11,28-43,45-54H2,1-7H3,(H,83,96)/t56-,66-,69-,72-,74+,81?/m1/s1. The van der Waals surface area contributed by atoms with Gasteiger partial charge in [-0.25, -0.2) is 4.98 Å². The van der Waals surface area contributed by atoms with Crippen molar-refractivity contribution in [2.75, 3.05) is 121 Å². The van der Waals surface area contributed by atoms with Gasteiger partial charge >= 0.3 is 0 Å². The number of piperazine rings is 1. The number of hydrogen-bond donors (Lipinski definition) is 3. The fraction of sp³-hybridized carbons (Fsp3) is 0.506. The Balaban J connectivity index is 0.639. The highest BCUT2D eigenvalue weighted by atomic mass is 35.5. The second-order valence-corrected chi connectivity index (χ2v) is 32.5. The van der Waals surface area contributed by atoms with E-state index in [0.717, 1.165) is 166 Å². The van der Waals surface area contributed by atoms with E-state index in [0.29, 0.717) is 31.7 Å². The molecule has 1 unspecified atom stereocenters. The number of nitrogens with zero attached hydrogens (tertiary/aromatic N) is 7. The van der Waals surface area contributed by atoms with Gasteiger partial charge in [0.2, 0.25) is 11.8 Å². The summed E-state index contributed by atoms with van der Waals surface area (Å²) in [6.07, 6.45) is 3.88. The molecular formula is C81H104ClN9O7S2. The SMILES string of the molecule is Cc1cc(CNC(=O)c2ccc(N3CCN(CC4=C(c5ccc(Cl)cc5)CCC(C)(CN5CCCN(C(=O)CC(=O)C[C@H](C(=O)N6C[C@H](O)C[C@H]6C(=O)C[C@@H](C)c6ccc(-c7scnc7C)cc6)C(C)(C)C)CC5)C4)CC3)cc2)ccc1N[C@H](CCN1CCOCC1)CSc1ccccc1. The molecule has 4 fully saturated rings. The molecule has 4 aliphatic heterocycles. The van der Waals surface area contributed by atoms with Crippen LogP contribution in [0.15, 0.2) is 137 Å². The van der Waals surface area contributed by atoms with Crippen LogP contribution < -0.4 is 15.5 Å². The second kappa shape index (κ2) is 34.5. The molecule has 5 heterocycles. The van der Waals surface area contributed by atoms with E-state index in [2.05, 4.69) is 134 Å². The van der Waals surface area contributed by atoms with Crippen LogP contribution in [0.25, 0.3) is 16.0 Å². The minimum absolute atomic E-state index is 0.00280. The summed E-state index contributed by atoms with van der Waals surface area (Å²) in [7, 11) is 0. The molecule has 1 aliphatic carbocycles. The van der Waals surface area contributed by atoms with Crippen molar-refractivity contribution in [3.63, 3.8) is 0 Å². The van der Waals surface area contributed by atoms with Gasteiger partial charge in [0.15, 0.2) is 5.78 Å². The third-order valence-electron chi connectivity index (χ3n) is 21.3. The van der Waals surface area contributed by atoms with Gasteiger partial charge in [0, 0.05) is 155 Å². The van der Waals surface area contributed by atoms with E-state index in [1.807, 2.05) is 93.2 Å². The number of amides is 3. The van der Waals surface area contributed by atoms with Crippen molar-refractivity contribution in [2.45, 2.75) is 142 Å². The molecule has 3 amide bonds. The number of morpholine rings is 1. The number of thiazole rings is 1. The minimum Gasteiger partial charge on any atom is -0.391 e. The molecule has 0 spiro atoms. The van der Waals surface area contributed by atoms with Gasteiger partial charge in [0.1, 0.15) is 5.78 Å². The highest BCUT2D eigenvalue weighted by Crippen LogP contribution is 2.45. The number of ether oxygens (including phenoxy) is 1. The summed E-state index contributed by atoms with van der Waals surface area (Å²) >= 11 is 9.93. The van der Waals surface area contributed by atoms with E-state index < -0.39 is 23.5 Å². The van der Waals surface area contributed by atoms with Crippen LogP contribution in [-0.2, 0) is 30.5 Å². The van der Waals surface area contributed by atoms with Gasteiger partial charge in [0.05, 0.1) is 47.9 Å². The number of hydrogen-bond acceptors (Lipinski definition) is 15. The Morgan fingerprint density at radius 3 is 2.23 bits per heavy atom. The van der Waals surface area contributed by atoms with E-state index in [4.69, 9.17) is 16.3 Å². The number of ketones is 2. The third kappa shape index (κ3) is 20.1. The van der Waals surface area contributed by atoms with Gasteiger partial charge in [-0.2, -0.15) is 0 Å². The number of rotatable bonds is 27. The third-order valence-corrected chi connectivity index (χ3v) is 23.7. The summed E-state index contributed by atoms with van der Waals surface area (Å²) in [5, 5.41) is 18.7. The first-order chi connectivity index (χ1) is 48.1. The van der Waals surface area contributed by atoms with Crippen LogP contribution in [0.3, 0.4) is 0 Å². The van der Waals surface area contributed by atoms with E-state index in [9.17, 15) is 29.1 Å². The maximum atomic E-state index is 14.6. The summed E-state index contributed by atoms with van der Waals surface area (Å²) in [6, 6.07) is 41.1. The lowest BCUT2D eigenvalue weighted by atomic mass is 9.71. The number of aliphatic hydroxyl groups excluding tert-OH is 1. The van der Waals surface area contributed by atoms with Crippen molar-refractivity contribution >= 4 is 80.9 Å². The van der Waals surface area contributed by atoms with Gasteiger partial charge in [-0.3, -0.25) is 33.8 Å². The summed E-state index contributed by atoms with van der Waals surface area (Å²) in [5.74, 6) is -0.955. The van der Waals surface area contributed by atoms with Crippen LogP contribution in [0.1, 0.15) is 137 Å². The van der Waals surface area contributed by atoms with Gasteiger partial charge < -0.3 is 40.1 Å². The van der Waals surface area contributed by atoms with Crippen LogP contribution in [0.4, 0.5) is 11.4 Å². The highest BCUT2D eigenvalue weighted by Gasteiger charge is 2.45. The molecule has 6 atom stereocenters. The quantitative estimate of drug-likeness (QED) is 0.0329. The van der Waals surface area contributed by atoms with E-state index >= 15 is 0 Å². The molecule has 16 nitrogen and oxygen atoms in total. The molecule has 534 valence electrons. The predicted octanol–water partition coefficient (Wildman–Crippen LogP) is 13.3. The molecule has 100 heavy (non-hydrogen) atoms. The zero-order valence-electron chi connectivity index (χ0n) is 59.8. The summed E-state index contributed by atoms with van der Waals surface area (Å²) in [6.45, 7) is 27.4. The number of anilines is 2. The first-order valence-corrected chi connectivity index (χ1v) is 38.5. The molecule has 0 bridgehead atoms. The molecule has 19 heteroatoms. The Bertz CT molecular complexity index is 3780. The topological polar surface area (TPSA) is 171 Å².